The summed E-state index contributed by atoms with van der Waals surface area (Å²) in [5.74, 6) is 0.223. The first-order valence-corrected chi connectivity index (χ1v) is 16.8. The molecule has 9 nitrogen and oxygen atoms in total. The van der Waals surface area contributed by atoms with E-state index in [0.717, 1.165) is 43.7 Å². The smallest absolute Gasteiger partial charge is 0.408 e. The molecule has 3 saturated heterocycles. The summed E-state index contributed by atoms with van der Waals surface area (Å²) in [7, 11) is -3.17. The van der Waals surface area contributed by atoms with Gasteiger partial charge in [-0.2, -0.15) is 4.99 Å². The lowest BCUT2D eigenvalue weighted by molar-refractivity contribution is -0.117. The first kappa shape index (κ1) is 29.4. The summed E-state index contributed by atoms with van der Waals surface area (Å²) in [5, 5.41) is 2.70. The largest absolute Gasteiger partial charge is 0.444 e. The topological polar surface area (TPSA) is 108 Å². The van der Waals surface area contributed by atoms with Crippen molar-refractivity contribution in [1.82, 2.24) is 5.32 Å². The Labute approximate surface area is 246 Å². The van der Waals surface area contributed by atoms with Gasteiger partial charge in [0.2, 0.25) is 0 Å². The Bertz CT molecular complexity index is 1380. The number of sulfone groups is 1. The number of fused-ring (bicyclic) bond motifs is 1. The van der Waals surface area contributed by atoms with E-state index in [1.54, 1.807) is 20.8 Å². The molecule has 0 radical (unpaired) electrons. The van der Waals surface area contributed by atoms with E-state index in [1.807, 2.05) is 17.0 Å². The lowest BCUT2D eigenvalue weighted by Crippen LogP contribution is -2.39. The van der Waals surface area contributed by atoms with E-state index in [-0.39, 0.29) is 29.3 Å². The number of benzene rings is 2. The summed E-state index contributed by atoms with van der Waals surface area (Å²) in [4.78, 5) is 33.2. The van der Waals surface area contributed by atoms with Gasteiger partial charge < -0.3 is 19.9 Å². The molecule has 0 aromatic heterocycles. The molecule has 0 unspecified atom stereocenters. The highest BCUT2D eigenvalue weighted by atomic mass is 32.2. The number of hydrogen-bond donors (Lipinski definition) is 1. The zero-order valence-electron chi connectivity index (χ0n) is 23.8. The van der Waals surface area contributed by atoms with Crippen molar-refractivity contribution in [3.05, 3.63) is 60.2 Å². The van der Waals surface area contributed by atoms with Gasteiger partial charge in [0.25, 0.3) is 5.91 Å². The standard InChI is InChI=1S/C30H38N4O5S2/c1-30(2,3)39-29(36)31-18-27(35)32-28-34(25-19-41(37,38)20-26(25)40-28)24-11-9-23(10-12-24)33-15-13-22(14-16-33)17-21-7-5-4-6-8-21/h4-12,22,25-26H,13-20H2,1-3H3,(H,31,36)/t25-,26+/m0/s1. The van der Waals surface area contributed by atoms with Crippen molar-refractivity contribution in [3.63, 3.8) is 0 Å². The third-order valence-electron chi connectivity index (χ3n) is 7.54. The molecule has 3 fully saturated rings. The van der Waals surface area contributed by atoms with Crippen molar-refractivity contribution in [2.45, 2.75) is 56.9 Å². The molecule has 5 rings (SSSR count). The van der Waals surface area contributed by atoms with Crippen molar-refractivity contribution in [1.29, 1.82) is 0 Å². The summed E-state index contributed by atoms with van der Waals surface area (Å²) in [6.45, 7) is 6.91. The number of carbonyl (C=O) groups excluding carboxylic acids is 2. The molecule has 1 N–H and O–H groups in total. The number of amides is 2. The number of nitrogens with zero attached hydrogens (tertiary/aromatic N) is 3. The Morgan fingerprint density at radius 1 is 1.00 bits per heavy atom. The maximum absolute atomic E-state index is 12.7. The molecule has 0 aliphatic carbocycles. The van der Waals surface area contributed by atoms with Crippen LogP contribution in [0.5, 0.6) is 0 Å². The molecule has 0 spiro atoms. The van der Waals surface area contributed by atoms with Gasteiger partial charge in [0, 0.05) is 29.7 Å². The second kappa shape index (κ2) is 12.1. The lowest BCUT2D eigenvalue weighted by Gasteiger charge is -2.34. The third-order valence-corrected chi connectivity index (χ3v) is 10.8. The fourth-order valence-corrected chi connectivity index (χ4v) is 9.57. The zero-order chi connectivity index (χ0) is 29.2. The molecule has 3 heterocycles. The van der Waals surface area contributed by atoms with Gasteiger partial charge in [-0.05, 0) is 75.8 Å². The number of alkyl carbamates (subject to hydrolysis) is 1. The van der Waals surface area contributed by atoms with Crippen LogP contribution in [0, 0.1) is 5.92 Å². The number of aliphatic imine (C=N–C) groups is 1. The molecule has 3 aliphatic rings. The molecule has 2 aromatic rings. The van der Waals surface area contributed by atoms with E-state index >= 15 is 0 Å². The van der Waals surface area contributed by atoms with Crippen molar-refractivity contribution >= 4 is 50.1 Å². The van der Waals surface area contributed by atoms with Crippen LogP contribution in [0.25, 0.3) is 0 Å². The highest BCUT2D eigenvalue weighted by molar-refractivity contribution is 8.16. The molecule has 2 aromatic carbocycles. The van der Waals surface area contributed by atoms with Gasteiger partial charge in [-0.3, -0.25) is 4.79 Å². The number of carbonyl (C=O) groups is 2. The van der Waals surface area contributed by atoms with E-state index in [0.29, 0.717) is 11.1 Å². The average Bonchev–Trinajstić information content (AvgIpc) is 3.38. The minimum absolute atomic E-state index is 0.0186. The normalized spacial score (nSPS) is 23.4. The Kier molecular flexibility index (Phi) is 8.65. The highest BCUT2D eigenvalue weighted by Crippen LogP contribution is 2.41. The van der Waals surface area contributed by atoms with Crippen molar-refractivity contribution < 1.29 is 22.7 Å². The van der Waals surface area contributed by atoms with E-state index in [9.17, 15) is 18.0 Å². The fourth-order valence-electron chi connectivity index (χ4n) is 5.64. The van der Waals surface area contributed by atoms with E-state index in [2.05, 4.69) is 57.7 Å². The Morgan fingerprint density at radius 2 is 1.66 bits per heavy atom. The summed E-state index contributed by atoms with van der Waals surface area (Å²) in [5.41, 5.74) is 2.65. The molecule has 2 amide bonds. The monoisotopic (exact) mass is 598 g/mol. The number of piperidine rings is 1. The van der Waals surface area contributed by atoms with Crippen LogP contribution in [-0.2, 0) is 25.8 Å². The molecule has 220 valence electrons. The molecule has 3 aliphatic heterocycles. The fraction of sp³-hybridized carbons (Fsp3) is 0.500. The highest BCUT2D eigenvalue weighted by Gasteiger charge is 2.49. The van der Waals surface area contributed by atoms with Crippen LogP contribution in [0.2, 0.25) is 0 Å². The second-order valence-corrected chi connectivity index (χ2v) is 15.3. The van der Waals surface area contributed by atoms with Gasteiger partial charge in [-0.25, -0.2) is 13.2 Å². The number of nitrogens with one attached hydrogen (secondary N) is 1. The SMILES string of the molecule is CC(C)(C)OC(=O)NCC(=O)N=C1S[C@@H]2CS(=O)(=O)C[C@@H]2N1c1ccc(N2CCC(Cc3ccccc3)CC2)cc1. The van der Waals surface area contributed by atoms with Gasteiger partial charge in [0.15, 0.2) is 15.0 Å². The van der Waals surface area contributed by atoms with Crippen molar-refractivity contribution in [2.75, 3.05) is 40.9 Å². The molecule has 0 bridgehead atoms. The molecule has 0 saturated carbocycles. The minimum Gasteiger partial charge on any atom is -0.444 e. The van der Waals surface area contributed by atoms with Crippen LogP contribution in [0.15, 0.2) is 59.6 Å². The van der Waals surface area contributed by atoms with Gasteiger partial charge in [-0.1, -0.05) is 42.1 Å². The van der Waals surface area contributed by atoms with Crippen molar-refractivity contribution in [3.8, 4) is 0 Å². The van der Waals surface area contributed by atoms with E-state index in [4.69, 9.17) is 4.74 Å². The van der Waals surface area contributed by atoms with Crippen LogP contribution in [0.3, 0.4) is 0 Å². The molecule has 11 heteroatoms. The Balaban J connectivity index is 1.25. The van der Waals surface area contributed by atoms with Crippen molar-refractivity contribution in [2.24, 2.45) is 10.9 Å². The molecule has 41 heavy (non-hydrogen) atoms. The first-order valence-electron chi connectivity index (χ1n) is 14.1. The van der Waals surface area contributed by atoms with Crippen LogP contribution in [0.4, 0.5) is 16.2 Å². The van der Waals surface area contributed by atoms with Gasteiger partial charge in [0.05, 0.1) is 17.5 Å². The molecule has 2 atom stereocenters. The first-order chi connectivity index (χ1) is 19.5. The number of rotatable bonds is 6. The van der Waals surface area contributed by atoms with Crippen LogP contribution in [0.1, 0.15) is 39.2 Å². The van der Waals surface area contributed by atoms with E-state index < -0.39 is 27.4 Å². The number of ether oxygens (including phenoxy) is 1. The maximum atomic E-state index is 12.7. The number of hydrogen-bond acceptors (Lipinski definition) is 7. The van der Waals surface area contributed by atoms with Crippen LogP contribution >= 0.6 is 11.8 Å². The van der Waals surface area contributed by atoms with Gasteiger partial charge >= 0.3 is 6.09 Å². The summed E-state index contributed by atoms with van der Waals surface area (Å²) < 4.78 is 30.0. The number of thioether (sulfide) groups is 1. The third kappa shape index (κ3) is 7.62. The second-order valence-electron chi connectivity index (χ2n) is 12.0. The van der Waals surface area contributed by atoms with Gasteiger partial charge in [-0.15, -0.1) is 0 Å². The van der Waals surface area contributed by atoms with Crippen LogP contribution < -0.4 is 15.1 Å². The predicted molar refractivity (Wildman–Crippen MR) is 165 cm³/mol. The van der Waals surface area contributed by atoms with E-state index in [1.165, 1.54) is 17.3 Å². The molecular formula is C30H38N4O5S2. The Morgan fingerprint density at radius 3 is 2.32 bits per heavy atom. The van der Waals surface area contributed by atoms with Gasteiger partial charge in [0.1, 0.15) is 12.1 Å². The number of anilines is 2. The molecular weight excluding hydrogens is 560 g/mol. The Hall–Kier alpha value is -3.05. The maximum Gasteiger partial charge on any atom is 0.408 e. The zero-order valence-corrected chi connectivity index (χ0v) is 25.4. The minimum atomic E-state index is -3.17. The lowest BCUT2D eigenvalue weighted by atomic mass is 9.90. The average molecular weight is 599 g/mol. The summed E-state index contributed by atoms with van der Waals surface area (Å²) in [6, 6.07) is 18.5. The predicted octanol–water partition coefficient (Wildman–Crippen LogP) is 4.27. The number of amidine groups is 1. The van der Waals surface area contributed by atoms with Crippen LogP contribution in [-0.4, -0.2) is 73.6 Å². The summed E-state index contributed by atoms with van der Waals surface area (Å²) in [6.07, 6.45) is 2.69. The summed E-state index contributed by atoms with van der Waals surface area (Å²) >= 11 is 1.31. The quantitative estimate of drug-likeness (QED) is 0.525.